The van der Waals surface area contributed by atoms with E-state index >= 15 is 0 Å². The number of aliphatic hydroxyl groups is 2. The van der Waals surface area contributed by atoms with Crippen molar-refractivity contribution in [3.8, 4) is 0 Å². The smallest absolute Gasteiger partial charge is 0.0771 e. The Morgan fingerprint density at radius 3 is 1.84 bits per heavy atom. The molecule has 0 heterocycles. The van der Waals surface area contributed by atoms with Crippen molar-refractivity contribution in [2.24, 2.45) is 5.41 Å². The maximum absolute atomic E-state index is 10.6. The Morgan fingerprint density at radius 2 is 1.26 bits per heavy atom. The minimum absolute atomic E-state index is 0.0827. The van der Waals surface area contributed by atoms with E-state index in [1.165, 1.54) is 32.1 Å². The fourth-order valence-electron chi connectivity index (χ4n) is 3.82. The zero-order valence-corrected chi connectivity index (χ0v) is 12.3. The predicted molar refractivity (Wildman–Crippen MR) is 78.1 cm³/mol. The van der Waals surface area contributed by atoms with Crippen molar-refractivity contribution in [2.45, 2.75) is 76.2 Å². The average molecular weight is 269 g/mol. The van der Waals surface area contributed by atoms with Crippen molar-refractivity contribution in [1.29, 1.82) is 0 Å². The van der Waals surface area contributed by atoms with Crippen LogP contribution < -0.4 is 5.32 Å². The van der Waals surface area contributed by atoms with Crippen LogP contribution in [0.1, 0.15) is 70.6 Å². The van der Waals surface area contributed by atoms with Gasteiger partial charge in [-0.05, 0) is 25.7 Å². The number of hydrogen-bond acceptors (Lipinski definition) is 3. The Bertz CT molecular complexity index is 253. The summed E-state index contributed by atoms with van der Waals surface area (Å²) in [6.45, 7) is 1.86. The lowest BCUT2D eigenvalue weighted by Crippen LogP contribution is -2.46. The topological polar surface area (TPSA) is 52.5 Å². The third-order valence-corrected chi connectivity index (χ3v) is 5.24. The van der Waals surface area contributed by atoms with Gasteiger partial charge in [0, 0.05) is 25.1 Å². The molecule has 3 nitrogen and oxygen atoms in total. The molecule has 2 aliphatic carbocycles. The zero-order valence-electron chi connectivity index (χ0n) is 12.3. The summed E-state index contributed by atoms with van der Waals surface area (Å²) in [7, 11) is 0. The van der Waals surface area contributed by atoms with Crippen LogP contribution in [0.3, 0.4) is 0 Å². The maximum atomic E-state index is 10.6. The first-order valence-electron chi connectivity index (χ1n) is 8.22. The third kappa shape index (κ3) is 4.44. The molecule has 0 aliphatic heterocycles. The lowest BCUT2D eigenvalue weighted by Gasteiger charge is -2.37. The molecular formula is C16H31NO2. The second-order valence-electron chi connectivity index (χ2n) is 6.96. The molecule has 0 amide bonds. The van der Waals surface area contributed by atoms with Crippen molar-refractivity contribution in [3.63, 3.8) is 0 Å². The average Bonchev–Trinajstić information content (AvgIpc) is 2.65. The van der Waals surface area contributed by atoms with E-state index in [1.54, 1.807) is 0 Å². The molecule has 0 saturated heterocycles. The summed E-state index contributed by atoms with van der Waals surface area (Å²) in [5.74, 6) is 0. The van der Waals surface area contributed by atoms with Crippen LogP contribution in [0.4, 0.5) is 0 Å². The van der Waals surface area contributed by atoms with Gasteiger partial charge in [0.05, 0.1) is 5.60 Å². The zero-order chi connectivity index (χ0) is 13.6. The van der Waals surface area contributed by atoms with Gasteiger partial charge in [-0.2, -0.15) is 0 Å². The molecule has 0 bridgehead atoms. The summed E-state index contributed by atoms with van der Waals surface area (Å²) >= 11 is 0. The molecule has 3 heteroatoms. The van der Waals surface area contributed by atoms with Crippen molar-refractivity contribution >= 4 is 0 Å². The van der Waals surface area contributed by atoms with Gasteiger partial charge in [0.1, 0.15) is 0 Å². The molecule has 2 saturated carbocycles. The van der Waals surface area contributed by atoms with Gasteiger partial charge < -0.3 is 15.5 Å². The van der Waals surface area contributed by atoms with Gasteiger partial charge in [0.25, 0.3) is 0 Å². The van der Waals surface area contributed by atoms with Gasteiger partial charge in [0.15, 0.2) is 0 Å². The Morgan fingerprint density at radius 1 is 0.737 bits per heavy atom. The highest BCUT2D eigenvalue weighted by Gasteiger charge is 2.33. The second kappa shape index (κ2) is 7.05. The van der Waals surface area contributed by atoms with E-state index in [4.69, 9.17) is 0 Å². The van der Waals surface area contributed by atoms with Crippen LogP contribution in [-0.4, -0.2) is 35.5 Å². The molecule has 0 radical (unpaired) electrons. The SMILES string of the molecule is OCC1(CNCC2(O)CCCCCC2)CCCCC1. The molecule has 0 aromatic carbocycles. The molecule has 0 atom stereocenters. The number of nitrogens with one attached hydrogen (secondary N) is 1. The molecule has 0 unspecified atom stereocenters. The van der Waals surface area contributed by atoms with E-state index in [1.807, 2.05) is 0 Å². The first-order chi connectivity index (χ1) is 9.18. The Balaban J connectivity index is 1.77. The molecule has 3 N–H and O–H groups in total. The quantitative estimate of drug-likeness (QED) is 0.672. The predicted octanol–water partition coefficient (Wildman–Crippen LogP) is 2.60. The fraction of sp³-hybridized carbons (Fsp3) is 1.00. The van der Waals surface area contributed by atoms with Gasteiger partial charge in [-0.15, -0.1) is 0 Å². The molecular weight excluding hydrogens is 238 g/mol. The van der Waals surface area contributed by atoms with Crippen molar-refractivity contribution in [3.05, 3.63) is 0 Å². The largest absolute Gasteiger partial charge is 0.396 e. The van der Waals surface area contributed by atoms with E-state index in [9.17, 15) is 10.2 Å². The van der Waals surface area contributed by atoms with E-state index < -0.39 is 5.60 Å². The van der Waals surface area contributed by atoms with Crippen LogP contribution >= 0.6 is 0 Å². The highest BCUT2D eigenvalue weighted by Crippen LogP contribution is 2.35. The van der Waals surface area contributed by atoms with E-state index in [0.29, 0.717) is 13.2 Å². The first kappa shape index (κ1) is 15.3. The van der Waals surface area contributed by atoms with Crippen LogP contribution in [0.5, 0.6) is 0 Å². The lowest BCUT2D eigenvalue weighted by atomic mass is 9.74. The van der Waals surface area contributed by atoms with E-state index in [2.05, 4.69) is 5.32 Å². The third-order valence-electron chi connectivity index (χ3n) is 5.24. The highest BCUT2D eigenvalue weighted by molar-refractivity contribution is 4.88. The Hall–Kier alpha value is -0.120. The minimum Gasteiger partial charge on any atom is -0.396 e. The lowest BCUT2D eigenvalue weighted by molar-refractivity contribution is 0.0164. The maximum Gasteiger partial charge on any atom is 0.0771 e. The number of aliphatic hydroxyl groups excluding tert-OH is 1. The van der Waals surface area contributed by atoms with Crippen LogP contribution in [-0.2, 0) is 0 Å². The van der Waals surface area contributed by atoms with Crippen LogP contribution in [0.15, 0.2) is 0 Å². The van der Waals surface area contributed by atoms with Gasteiger partial charge >= 0.3 is 0 Å². The summed E-state index contributed by atoms with van der Waals surface area (Å²) < 4.78 is 0. The molecule has 112 valence electrons. The normalized spacial score (nSPS) is 26.8. The number of hydrogen-bond donors (Lipinski definition) is 3. The Labute approximate surface area is 117 Å². The molecule has 0 aromatic rings. The number of rotatable bonds is 5. The molecule has 2 aliphatic rings. The van der Waals surface area contributed by atoms with Gasteiger partial charge in [-0.25, -0.2) is 0 Å². The highest BCUT2D eigenvalue weighted by atomic mass is 16.3. The standard InChI is InChI=1S/C16H31NO2/c18-14-15(8-4-3-5-9-15)12-17-13-16(19)10-6-1-2-7-11-16/h17-19H,1-14H2. The monoisotopic (exact) mass is 269 g/mol. The fourth-order valence-corrected chi connectivity index (χ4v) is 3.82. The second-order valence-corrected chi connectivity index (χ2v) is 6.96. The van der Waals surface area contributed by atoms with Gasteiger partial charge in [-0.1, -0.05) is 44.9 Å². The van der Waals surface area contributed by atoms with Gasteiger partial charge in [-0.3, -0.25) is 0 Å². The van der Waals surface area contributed by atoms with Crippen LogP contribution in [0.25, 0.3) is 0 Å². The van der Waals surface area contributed by atoms with Crippen molar-refractivity contribution in [2.75, 3.05) is 19.7 Å². The van der Waals surface area contributed by atoms with Crippen LogP contribution in [0.2, 0.25) is 0 Å². The van der Waals surface area contributed by atoms with Gasteiger partial charge in [0.2, 0.25) is 0 Å². The molecule has 2 fully saturated rings. The Kier molecular flexibility index (Phi) is 5.67. The van der Waals surface area contributed by atoms with Crippen molar-refractivity contribution in [1.82, 2.24) is 5.32 Å². The summed E-state index contributed by atoms with van der Waals surface area (Å²) in [4.78, 5) is 0. The van der Waals surface area contributed by atoms with Crippen molar-refractivity contribution < 1.29 is 10.2 Å². The molecule has 2 rings (SSSR count). The van der Waals surface area contributed by atoms with E-state index in [-0.39, 0.29) is 5.41 Å². The first-order valence-corrected chi connectivity index (χ1v) is 8.22. The minimum atomic E-state index is -0.498. The molecule has 0 aromatic heterocycles. The molecule has 0 spiro atoms. The summed E-state index contributed by atoms with van der Waals surface area (Å²) in [6.07, 6.45) is 12.8. The van der Waals surface area contributed by atoms with E-state index in [0.717, 1.165) is 45.1 Å². The summed E-state index contributed by atoms with van der Waals surface area (Å²) in [5, 5.41) is 23.8. The summed E-state index contributed by atoms with van der Waals surface area (Å²) in [6, 6.07) is 0. The van der Waals surface area contributed by atoms with Crippen LogP contribution in [0, 0.1) is 5.41 Å². The molecule has 19 heavy (non-hydrogen) atoms. The summed E-state index contributed by atoms with van der Waals surface area (Å²) in [5.41, 5.74) is -0.416.